The molecule has 0 unspecified atom stereocenters. The van der Waals surface area contributed by atoms with Gasteiger partial charge in [-0.25, -0.2) is 14.4 Å². The average Bonchev–Trinajstić information content (AvgIpc) is 3.23. The molecule has 2 aromatic heterocycles. The van der Waals surface area contributed by atoms with E-state index >= 15 is 0 Å². The third-order valence-corrected chi connectivity index (χ3v) is 4.62. The first-order valence-electron chi connectivity index (χ1n) is 8.01. The van der Waals surface area contributed by atoms with Gasteiger partial charge in [-0.2, -0.15) is 18.3 Å². The number of nitrogens with zero attached hydrogens (tertiary/aromatic N) is 4. The molecule has 0 saturated heterocycles. The van der Waals surface area contributed by atoms with E-state index in [2.05, 4.69) is 20.4 Å². The highest BCUT2D eigenvalue weighted by molar-refractivity contribution is 5.87. The van der Waals surface area contributed by atoms with Crippen LogP contribution in [0, 0.1) is 12.7 Å². The molecule has 136 valence electrons. The van der Waals surface area contributed by atoms with Crippen LogP contribution in [0.15, 0.2) is 24.4 Å². The van der Waals surface area contributed by atoms with Gasteiger partial charge in [0.15, 0.2) is 5.65 Å². The Balaban J connectivity index is 1.74. The molecule has 0 bridgehead atoms. The third kappa shape index (κ3) is 2.67. The zero-order valence-electron chi connectivity index (χ0n) is 14.0. The van der Waals surface area contributed by atoms with Crippen LogP contribution in [0.5, 0.6) is 0 Å². The number of halogens is 4. The van der Waals surface area contributed by atoms with Crippen molar-refractivity contribution >= 4 is 16.9 Å². The van der Waals surface area contributed by atoms with Gasteiger partial charge in [0.25, 0.3) is 0 Å². The monoisotopic (exact) mass is 365 g/mol. The molecule has 0 atom stereocenters. The molecule has 0 aliphatic heterocycles. The highest BCUT2D eigenvalue weighted by atomic mass is 19.4. The summed E-state index contributed by atoms with van der Waals surface area (Å²) in [6.07, 6.45) is -1.77. The number of aryl methyl sites for hydroxylation is 2. The van der Waals surface area contributed by atoms with Crippen molar-refractivity contribution in [1.82, 2.24) is 19.7 Å². The third-order valence-electron chi connectivity index (χ3n) is 4.62. The second-order valence-electron chi connectivity index (χ2n) is 6.52. The van der Waals surface area contributed by atoms with Crippen molar-refractivity contribution in [3.63, 3.8) is 0 Å². The molecule has 9 heteroatoms. The number of anilines is 1. The summed E-state index contributed by atoms with van der Waals surface area (Å²) in [7, 11) is 1.75. The highest BCUT2D eigenvalue weighted by Crippen LogP contribution is 2.50. The Hall–Kier alpha value is -2.71. The van der Waals surface area contributed by atoms with Crippen LogP contribution in [0.4, 0.5) is 23.4 Å². The van der Waals surface area contributed by atoms with E-state index in [4.69, 9.17) is 0 Å². The number of hydrogen-bond acceptors (Lipinski definition) is 4. The van der Waals surface area contributed by atoms with E-state index in [1.165, 1.54) is 6.07 Å². The number of fused-ring (bicyclic) bond motifs is 1. The Labute approximate surface area is 146 Å². The van der Waals surface area contributed by atoms with Crippen LogP contribution in [-0.4, -0.2) is 19.7 Å². The van der Waals surface area contributed by atoms with Crippen LogP contribution in [0.1, 0.15) is 29.8 Å². The number of benzene rings is 1. The lowest BCUT2D eigenvalue weighted by Gasteiger charge is -2.21. The van der Waals surface area contributed by atoms with Crippen LogP contribution in [-0.2, 0) is 18.8 Å². The molecule has 4 rings (SSSR count). The van der Waals surface area contributed by atoms with Gasteiger partial charge in [-0.15, -0.1) is 0 Å². The van der Waals surface area contributed by atoms with Crippen molar-refractivity contribution in [2.75, 3.05) is 5.32 Å². The maximum Gasteiger partial charge on any atom is 0.416 e. The fourth-order valence-electron chi connectivity index (χ4n) is 3.12. The molecule has 1 aliphatic carbocycles. The first kappa shape index (κ1) is 16.7. The van der Waals surface area contributed by atoms with Crippen molar-refractivity contribution in [3.05, 3.63) is 47.2 Å². The van der Waals surface area contributed by atoms with Gasteiger partial charge in [0.1, 0.15) is 17.5 Å². The van der Waals surface area contributed by atoms with Crippen LogP contribution in [0.3, 0.4) is 0 Å². The summed E-state index contributed by atoms with van der Waals surface area (Å²) in [5.74, 6) is 0.141. The maximum atomic E-state index is 14.4. The lowest BCUT2D eigenvalue weighted by molar-refractivity contribution is -0.137. The van der Waals surface area contributed by atoms with E-state index in [-0.39, 0.29) is 5.56 Å². The van der Waals surface area contributed by atoms with Gasteiger partial charge in [-0.3, -0.25) is 4.68 Å². The number of alkyl halides is 3. The minimum atomic E-state index is -4.57. The molecule has 3 aromatic rings. The van der Waals surface area contributed by atoms with Crippen molar-refractivity contribution < 1.29 is 17.6 Å². The number of hydrogen-bond donors (Lipinski definition) is 1. The fraction of sp³-hybridized carbons (Fsp3) is 0.353. The molecule has 0 radical (unpaired) electrons. The molecular formula is C17H15F4N5. The number of rotatable bonds is 3. The number of aromatic nitrogens is 4. The number of nitrogens with one attached hydrogen (secondary N) is 1. The van der Waals surface area contributed by atoms with E-state index in [1.807, 2.05) is 0 Å². The van der Waals surface area contributed by atoms with E-state index < -0.39 is 23.1 Å². The Morgan fingerprint density at radius 1 is 1.19 bits per heavy atom. The van der Waals surface area contributed by atoms with E-state index in [1.54, 1.807) is 24.9 Å². The predicted octanol–water partition coefficient (Wildman–Crippen LogP) is 3.93. The van der Waals surface area contributed by atoms with Gasteiger partial charge in [0.05, 0.1) is 22.7 Å². The lowest BCUT2D eigenvalue weighted by atomic mass is 10.0. The van der Waals surface area contributed by atoms with Gasteiger partial charge >= 0.3 is 6.18 Å². The summed E-state index contributed by atoms with van der Waals surface area (Å²) in [6, 6.07) is 2.65. The molecule has 0 amide bonds. The van der Waals surface area contributed by atoms with Gasteiger partial charge in [-0.1, -0.05) is 6.07 Å². The van der Waals surface area contributed by atoms with E-state index in [0.717, 1.165) is 6.07 Å². The fourth-order valence-corrected chi connectivity index (χ4v) is 3.12. The van der Waals surface area contributed by atoms with Crippen LogP contribution in [0.2, 0.25) is 0 Å². The van der Waals surface area contributed by atoms with E-state index in [0.29, 0.717) is 41.6 Å². The minimum absolute atomic E-state index is 0.207. The average molecular weight is 365 g/mol. The molecule has 1 aliphatic rings. The van der Waals surface area contributed by atoms with Gasteiger partial charge in [0, 0.05) is 12.6 Å². The molecule has 5 nitrogen and oxygen atoms in total. The molecule has 1 N–H and O–H groups in total. The van der Waals surface area contributed by atoms with Crippen LogP contribution < -0.4 is 5.32 Å². The Kier molecular flexibility index (Phi) is 3.47. The zero-order chi connectivity index (χ0) is 18.7. The zero-order valence-corrected chi connectivity index (χ0v) is 14.0. The summed E-state index contributed by atoms with van der Waals surface area (Å²) < 4.78 is 54.3. The largest absolute Gasteiger partial charge is 0.416 e. The molecule has 26 heavy (non-hydrogen) atoms. The molecule has 2 heterocycles. The highest BCUT2D eigenvalue weighted by Gasteiger charge is 2.47. The smallest absolute Gasteiger partial charge is 0.360 e. The van der Waals surface area contributed by atoms with Crippen molar-refractivity contribution in [2.24, 2.45) is 7.05 Å². The summed E-state index contributed by atoms with van der Waals surface area (Å²) in [5.41, 5.74) is -0.929. The predicted molar refractivity (Wildman–Crippen MR) is 87.0 cm³/mol. The second kappa shape index (κ2) is 5.39. The standard InChI is InChI=1S/C17H15F4N5/c1-9-23-14(11-8-22-26(2)15(11)24-9)25-16(5-6-16)12-4-3-10(7-13(12)18)17(19,20)21/h3-4,7-8H,5-6H2,1-2H3,(H,23,24,25). The SMILES string of the molecule is Cc1nc(NC2(c3ccc(C(F)(F)F)cc3F)CC2)c2cnn(C)c2n1. The van der Waals surface area contributed by atoms with Crippen molar-refractivity contribution in [2.45, 2.75) is 31.5 Å². The van der Waals surface area contributed by atoms with Crippen molar-refractivity contribution in [1.29, 1.82) is 0 Å². The Bertz CT molecular complexity index is 1000. The van der Waals surface area contributed by atoms with Gasteiger partial charge < -0.3 is 5.32 Å². The molecule has 0 spiro atoms. The Morgan fingerprint density at radius 3 is 2.54 bits per heavy atom. The van der Waals surface area contributed by atoms with E-state index in [9.17, 15) is 17.6 Å². The first-order valence-corrected chi connectivity index (χ1v) is 8.01. The van der Waals surface area contributed by atoms with Crippen molar-refractivity contribution in [3.8, 4) is 0 Å². The summed E-state index contributed by atoms with van der Waals surface area (Å²) in [4.78, 5) is 8.70. The molecule has 1 aromatic carbocycles. The maximum absolute atomic E-state index is 14.4. The van der Waals surface area contributed by atoms with Gasteiger partial charge in [0.2, 0.25) is 0 Å². The summed E-state index contributed by atoms with van der Waals surface area (Å²) in [6.45, 7) is 1.73. The lowest BCUT2D eigenvalue weighted by Crippen LogP contribution is -2.22. The van der Waals surface area contributed by atoms with Crippen LogP contribution >= 0.6 is 0 Å². The molecule has 1 fully saturated rings. The topological polar surface area (TPSA) is 55.6 Å². The van der Waals surface area contributed by atoms with Gasteiger partial charge in [-0.05, 0) is 31.9 Å². The normalized spacial score (nSPS) is 16.1. The van der Waals surface area contributed by atoms with Crippen LogP contribution in [0.25, 0.3) is 11.0 Å². The quantitative estimate of drug-likeness (QED) is 0.715. The second-order valence-corrected chi connectivity index (χ2v) is 6.52. The summed E-state index contributed by atoms with van der Waals surface area (Å²) >= 11 is 0. The Morgan fingerprint density at radius 2 is 1.92 bits per heavy atom. The molecular weight excluding hydrogens is 350 g/mol. The minimum Gasteiger partial charge on any atom is -0.360 e. The molecule has 1 saturated carbocycles. The summed E-state index contributed by atoms with van der Waals surface area (Å²) in [5, 5.41) is 8.05. The first-order chi connectivity index (χ1) is 12.2.